The third-order valence-electron chi connectivity index (χ3n) is 8.65. The first-order chi connectivity index (χ1) is 18.0. The average molecular weight is 499 g/mol. The van der Waals surface area contributed by atoms with E-state index in [0.717, 1.165) is 59.8 Å². The van der Waals surface area contributed by atoms with E-state index in [-0.39, 0.29) is 35.7 Å². The lowest BCUT2D eigenvalue weighted by Gasteiger charge is -2.38. The Morgan fingerprint density at radius 3 is 2.59 bits per heavy atom. The molecule has 0 spiro atoms. The maximum atomic E-state index is 14.0. The van der Waals surface area contributed by atoms with E-state index in [9.17, 15) is 14.4 Å². The minimum Gasteiger partial charge on any atom is -0.356 e. The van der Waals surface area contributed by atoms with Gasteiger partial charge in [-0.2, -0.15) is 0 Å². The number of benzene rings is 2. The molecule has 1 aromatic heterocycles. The van der Waals surface area contributed by atoms with Gasteiger partial charge in [-0.3, -0.25) is 14.4 Å². The zero-order valence-corrected chi connectivity index (χ0v) is 21.4. The molecule has 3 amide bonds. The molecular weight excluding hydrogens is 464 g/mol. The number of aromatic amines is 1. The Balaban J connectivity index is 1.36. The van der Waals surface area contributed by atoms with Gasteiger partial charge in [0, 0.05) is 34.6 Å². The minimum atomic E-state index is -0.706. The van der Waals surface area contributed by atoms with Gasteiger partial charge in [0.1, 0.15) is 12.1 Å². The fraction of sp³-hybridized carbons (Fsp3) is 0.433. The number of aromatic nitrogens is 1. The topological polar surface area (TPSA) is 94.3 Å². The Bertz CT molecular complexity index is 1370. The molecule has 3 aliphatic rings. The number of nitrogens with one attached hydrogen (secondary N) is 3. The predicted molar refractivity (Wildman–Crippen MR) is 142 cm³/mol. The number of para-hydroxylation sites is 1. The molecule has 6 rings (SSSR count). The Morgan fingerprint density at radius 1 is 1.08 bits per heavy atom. The lowest BCUT2D eigenvalue weighted by Crippen LogP contribution is -2.58. The molecule has 2 aromatic carbocycles. The highest BCUT2D eigenvalue weighted by molar-refractivity contribution is 6.04. The first kappa shape index (κ1) is 23.8. The molecule has 0 bridgehead atoms. The van der Waals surface area contributed by atoms with Gasteiger partial charge in [0.05, 0.1) is 6.04 Å². The lowest BCUT2D eigenvalue weighted by molar-refractivity contribution is -0.133. The third kappa shape index (κ3) is 3.92. The normalized spacial score (nSPS) is 22.3. The van der Waals surface area contributed by atoms with Crippen molar-refractivity contribution in [2.45, 2.75) is 76.5 Å². The maximum absolute atomic E-state index is 14.0. The average Bonchev–Trinajstić information content (AvgIpc) is 3.63. The molecule has 7 nitrogen and oxygen atoms in total. The fourth-order valence-electron chi connectivity index (χ4n) is 6.45. The summed E-state index contributed by atoms with van der Waals surface area (Å²) in [6.07, 6.45) is 5.39. The van der Waals surface area contributed by atoms with Gasteiger partial charge in [-0.05, 0) is 42.0 Å². The summed E-state index contributed by atoms with van der Waals surface area (Å²) in [7, 11) is 0. The van der Waals surface area contributed by atoms with Crippen LogP contribution in [0.15, 0.2) is 48.5 Å². The smallest absolute Gasteiger partial charge is 0.255 e. The van der Waals surface area contributed by atoms with Crippen LogP contribution in [0.2, 0.25) is 0 Å². The van der Waals surface area contributed by atoms with E-state index in [1.54, 1.807) is 4.90 Å². The number of rotatable bonds is 6. The second kappa shape index (κ2) is 9.36. The zero-order chi connectivity index (χ0) is 25.7. The van der Waals surface area contributed by atoms with Gasteiger partial charge in [-0.25, -0.2) is 0 Å². The van der Waals surface area contributed by atoms with Crippen molar-refractivity contribution in [2.24, 2.45) is 5.92 Å². The summed E-state index contributed by atoms with van der Waals surface area (Å²) in [5.41, 5.74) is 4.58. The SMILES string of the molecule is CC[C@@H](C)[C@H](NC(=O)[C@@H]1Cc2c([nH]c3ccccc23)[C@H]2c3ccccc3C(=O)N21)C(=O)NC1CCCC1. The van der Waals surface area contributed by atoms with Gasteiger partial charge >= 0.3 is 0 Å². The van der Waals surface area contributed by atoms with Crippen LogP contribution in [0.4, 0.5) is 0 Å². The van der Waals surface area contributed by atoms with Crippen LogP contribution in [-0.4, -0.2) is 45.7 Å². The lowest BCUT2D eigenvalue weighted by atomic mass is 9.89. The number of carbonyl (C=O) groups excluding carboxylic acids is 3. The summed E-state index contributed by atoms with van der Waals surface area (Å²) in [6, 6.07) is 14.2. The standard InChI is InChI=1S/C30H34N4O3/c1-3-17(2)25(29(36)31-18-10-4-5-11-18)33-28(35)24-16-22-19-12-8-9-15-23(19)32-26(22)27-20-13-6-7-14-21(20)30(37)34(24)27/h6-9,12-15,17-18,24-25,27,32H,3-5,10-11,16H2,1-2H3,(H,31,36)(H,33,35)/t17-,24+,25+,27-/m1/s1. The van der Waals surface area contributed by atoms with Crippen molar-refractivity contribution in [1.29, 1.82) is 0 Å². The van der Waals surface area contributed by atoms with E-state index >= 15 is 0 Å². The van der Waals surface area contributed by atoms with Crippen molar-refractivity contribution >= 4 is 28.6 Å². The highest BCUT2D eigenvalue weighted by Gasteiger charge is 2.49. The number of amides is 3. The van der Waals surface area contributed by atoms with Crippen LogP contribution in [0.1, 0.15) is 79.2 Å². The molecule has 3 heterocycles. The van der Waals surface area contributed by atoms with Crippen LogP contribution >= 0.6 is 0 Å². The van der Waals surface area contributed by atoms with Crippen LogP contribution in [0.25, 0.3) is 10.9 Å². The monoisotopic (exact) mass is 498 g/mol. The molecule has 3 aromatic rings. The summed E-state index contributed by atoms with van der Waals surface area (Å²) >= 11 is 0. The van der Waals surface area contributed by atoms with Crippen molar-refractivity contribution in [2.75, 3.05) is 0 Å². The molecule has 3 N–H and O–H groups in total. The van der Waals surface area contributed by atoms with Gasteiger partial charge in [0.15, 0.2) is 0 Å². The minimum absolute atomic E-state index is 0.0279. The molecule has 4 atom stereocenters. The number of fused-ring (bicyclic) bond motifs is 7. The highest BCUT2D eigenvalue weighted by Crippen LogP contribution is 2.46. The molecule has 0 radical (unpaired) electrons. The molecule has 192 valence electrons. The Morgan fingerprint density at radius 2 is 1.81 bits per heavy atom. The van der Waals surface area contributed by atoms with Crippen molar-refractivity contribution in [3.63, 3.8) is 0 Å². The summed E-state index contributed by atoms with van der Waals surface area (Å²) in [5.74, 6) is -0.555. The van der Waals surface area contributed by atoms with Crippen molar-refractivity contribution in [1.82, 2.24) is 20.5 Å². The van der Waals surface area contributed by atoms with Crippen LogP contribution in [-0.2, 0) is 16.0 Å². The molecule has 1 fully saturated rings. The number of hydrogen-bond donors (Lipinski definition) is 3. The highest BCUT2D eigenvalue weighted by atomic mass is 16.2. The second-order valence-electron chi connectivity index (χ2n) is 10.8. The van der Waals surface area contributed by atoms with Crippen LogP contribution in [0.3, 0.4) is 0 Å². The van der Waals surface area contributed by atoms with E-state index < -0.39 is 12.1 Å². The first-order valence-corrected chi connectivity index (χ1v) is 13.6. The Hall–Kier alpha value is -3.61. The number of H-pyrrole nitrogens is 1. The quantitative estimate of drug-likeness (QED) is 0.475. The van der Waals surface area contributed by atoms with Crippen LogP contribution in [0.5, 0.6) is 0 Å². The van der Waals surface area contributed by atoms with Crippen molar-refractivity contribution in [3.05, 3.63) is 70.9 Å². The summed E-state index contributed by atoms with van der Waals surface area (Å²) in [5, 5.41) is 7.33. The van der Waals surface area contributed by atoms with Crippen LogP contribution < -0.4 is 10.6 Å². The summed E-state index contributed by atoms with van der Waals surface area (Å²) in [4.78, 5) is 46.2. The molecule has 37 heavy (non-hydrogen) atoms. The first-order valence-electron chi connectivity index (χ1n) is 13.6. The maximum Gasteiger partial charge on any atom is 0.255 e. The number of hydrogen-bond acceptors (Lipinski definition) is 3. The summed E-state index contributed by atoms with van der Waals surface area (Å²) in [6.45, 7) is 4.03. The number of nitrogens with zero attached hydrogens (tertiary/aromatic N) is 1. The zero-order valence-electron chi connectivity index (χ0n) is 21.4. The molecule has 1 aliphatic carbocycles. The van der Waals surface area contributed by atoms with E-state index in [1.165, 1.54) is 0 Å². The molecular formula is C30H34N4O3. The number of carbonyl (C=O) groups is 3. The third-order valence-corrected chi connectivity index (χ3v) is 8.65. The predicted octanol–water partition coefficient (Wildman–Crippen LogP) is 4.23. The molecule has 1 saturated carbocycles. The molecule has 0 unspecified atom stereocenters. The molecule has 0 saturated heterocycles. The van der Waals surface area contributed by atoms with Gasteiger partial charge in [0.25, 0.3) is 5.91 Å². The second-order valence-corrected chi connectivity index (χ2v) is 10.8. The molecule has 7 heteroatoms. The van der Waals surface area contributed by atoms with Gasteiger partial charge in [0.2, 0.25) is 11.8 Å². The van der Waals surface area contributed by atoms with E-state index in [2.05, 4.69) is 21.7 Å². The van der Waals surface area contributed by atoms with Gasteiger partial charge in [-0.15, -0.1) is 0 Å². The fourth-order valence-corrected chi connectivity index (χ4v) is 6.45. The van der Waals surface area contributed by atoms with E-state index in [0.29, 0.717) is 12.0 Å². The largest absolute Gasteiger partial charge is 0.356 e. The Kier molecular flexibility index (Phi) is 6.01. The van der Waals surface area contributed by atoms with E-state index in [4.69, 9.17) is 0 Å². The summed E-state index contributed by atoms with van der Waals surface area (Å²) < 4.78 is 0. The van der Waals surface area contributed by atoms with Gasteiger partial charge < -0.3 is 20.5 Å². The van der Waals surface area contributed by atoms with Crippen LogP contribution in [0, 0.1) is 5.92 Å². The van der Waals surface area contributed by atoms with Crippen molar-refractivity contribution in [3.8, 4) is 0 Å². The van der Waals surface area contributed by atoms with E-state index in [1.807, 2.05) is 56.3 Å². The van der Waals surface area contributed by atoms with Gasteiger partial charge in [-0.1, -0.05) is 69.5 Å². The Labute approximate surface area is 217 Å². The molecule has 2 aliphatic heterocycles. The van der Waals surface area contributed by atoms with Crippen molar-refractivity contribution < 1.29 is 14.4 Å².